The Labute approximate surface area is 104 Å². The highest BCUT2D eigenvalue weighted by Crippen LogP contribution is 2.34. The number of aromatic nitrogens is 1. The van der Waals surface area contributed by atoms with Crippen LogP contribution in [0.3, 0.4) is 0 Å². The molecule has 1 aromatic carbocycles. The fraction of sp³-hybridized carbons (Fsp3) is 0.167. The summed E-state index contributed by atoms with van der Waals surface area (Å²) in [6.07, 6.45) is 1.84. The van der Waals surface area contributed by atoms with Crippen LogP contribution in [-0.2, 0) is 6.54 Å². The molecule has 0 unspecified atom stereocenters. The molecule has 0 aliphatic carbocycles. The van der Waals surface area contributed by atoms with Crippen LogP contribution in [0, 0.1) is 11.6 Å². The Balaban J connectivity index is 2.58. The van der Waals surface area contributed by atoms with Crippen LogP contribution in [0.2, 0.25) is 0 Å². The number of benzene rings is 1. The lowest BCUT2D eigenvalue weighted by molar-refractivity contribution is 0.112. The first kappa shape index (κ1) is 11.4. The molecule has 92 valence electrons. The fourth-order valence-electron chi connectivity index (χ4n) is 2.14. The second-order valence-corrected chi connectivity index (χ2v) is 5.08. The Hall–Kier alpha value is -1.69. The third-order valence-electron chi connectivity index (χ3n) is 2.94. The van der Waals surface area contributed by atoms with Crippen molar-refractivity contribution in [1.82, 2.24) is 4.57 Å². The van der Waals surface area contributed by atoms with Crippen molar-refractivity contribution in [3.8, 4) is 0 Å². The van der Waals surface area contributed by atoms with E-state index < -0.39 is 17.1 Å². The lowest BCUT2D eigenvalue weighted by Gasteiger charge is -2.20. The topological polar surface area (TPSA) is 39.1 Å². The van der Waals surface area contributed by atoms with Crippen LogP contribution in [0.15, 0.2) is 22.0 Å². The number of pyridine rings is 1. The van der Waals surface area contributed by atoms with Crippen molar-refractivity contribution in [1.29, 1.82) is 0 Å². The number of rotatable bonds is 1. The Morgan fingerprint density at radius 1 is 1.39 bits per heavy atom. The molecule has 0 saturated carbocycles. The molecular weight excluding hydrogens is 260 g/mol. The highest BCUT2D eigenvalue weighted by molar-refractivity contribution is 7.99. The average Bonchev–Trinajstić information content (AvgIpc) is 2.38. The summed E-state index contributed by atoms with van der Waals surface area (Å²) < 4.78 is 28.8. The molecule has 18 heavy (non-hydrogen) atoms. The van der Waals surface area contributed by atoms with E-state index in [4.69, 9.17) is 0 Å². The molecule has 2 aromatic rings. The fourth-order valence-corrected chi connectivity index (χ4v) is 3.22. The lowest BCUT2D eigenvalue weighted by Crippen LogP contribution is -2.19. The molecule has 3 nitrogen and oxygen atoms in total. The summed E-state index contributed by atoms with van der Waals surface area (Å²) in [7, 11) is 0. The van der Waals surface area contributed by atoms with Gasteiger partial charge in [0.1, 0.15) is 0 Å². The van der Waals surface area contributed by atoms with Crippen LogP contribution in [0.25, 0.3) is 10.9 Å². The van der Waals surface area contributed by atoms with Gasteiger partial charge in [0.15, 0.2) is 23.3 Å². The standard InChI is InChI=1S/C12H7F2NO2S/c13-8-3-7-10-12(9(8)14)18-2-1-15(10)4-6(5-16)11(7)17/h3-5H,1-2H2. The van der Waals surface area contributed by atoms with Gasteiger partial charge in [-0.05, 0) is 6.07 Å². The summed E-state index contributed by atoms with van der Waals surface area (Å²) in [6.45, 7) is 0.556. The second kappa shape index (κ2) is 3.91. The van der Waals surface area contributed by atoms with E-state index in [2.05, 4.69) is 0 Å². The third kappa shape index (κ3) is 1.42. The maximum atomic E-state index is 13.7. The van der Waals surface area contributed by atoms with Gasteiger partial charge in [-0.25, -0.2) is 8.78 Å². The van der Waals surface area contributed by atoms with E-state index in [0.29, 0.717) is 24.1 Å². The van der Waals surface area contributed by atoms with Gasteiger partial charge in [-0.1, -0.05) is 0 Å². The largest absolute Gasteiger partial charge is 0.345 e. The van der Waals surface area contributed by atoms with Gasteiger partial charge >= 0.3 is 0 Å². The molecule has 0 saturated heterocycles. The third-order valence-corrected chi connectivity index (χ3v) is 3.99. The number of carbonyl (C=O) groups is 1. The molecule has 0 fully saturated rings. The van der Waals surface area contributed by atoms with E-state index in [1.54, 1.807) is 4.57 Å². The first-order valence-electron chi connectivity index (χ1n) is 5.26. The molecule has 0 atom stereocenters. The molecule has 0 radical (unpaired) electrons. The SMILES string of the molecule is O=Cc1cn2c3c(c(F)c(F)cc3c1=O)SCC2. The van der Waals surface area contributed by atoms with Crippen molar-refractivity contribution in [3.05, 3.63) is 39.7 Å². The lowest BCUT2D eigenvalue weighted by atomic mass is 10.1. The molecule has 0 bridgehead atoms. The van der Waals surface area contributed by atoms with Gasteiger partial charge in [0.25, 0.3) is 0 Å². The molecule has 1 aromatic heterocycles. The zero-order chi connectivity index (χ0) is 12.9. The van der Waals surface area contributed by atoms with Crippen molar-refractivity contribution < 1.29 is 13.6 Å². The van der Waals surface area contributed by atoms with Gasteiger partial charge in [-0.15, -0.1) is 11.8 Å². The molecule has 6 heteroatoms. The Morgan fingerprint density at radius 2 is 2.17 bits per heavy atom. The van der Waals surface area contributed by atoms with E-state index in [9.17, 15) is 18.4 Å². The zero-order valence-electron chi connectivity index (χ0n) is 9.07. The molecule has 0 amide bonds. The average molecular weight is 267 g/mol. The Bertz CT molecular complexity index is 739. The summed E-state index contributed by atoms with van der Waals surface area (Å²) in [5.41, 5.74) is -0.217. The normalized spacial score (nSPS) is 13.9. The molecule has 3 rings (SSSR count). The molecule has 2 heterocycles. The molecule has 1 aliphatic heterocycles. The maximum Gasteiger partial charge on any atom is 0.200 e. The first-order chi connectivity index (χ1) is 8.63. The summed E-state index contributed by atoms with van der Waals surface area (Å²) in [5, 5.41) is 0.0562. The minimum Gasteiger partial charge on any atom is -0.345 e. The van der Waals surface area contributed by atoms with Gasteiger partial charge in [-0.3, -0.25) is 9.59 Å². The smallest absolute Gasteiger partial charge is 0.200 e. The van der Waals surface area contributed by atoms with Crippen LogP contribution in [0.4, 0.5) is 8.78 Å². The minimum atomic E-state index is -1.06. The van der Waals surface area contributed by atoms with Crippen molar-refractivity contribution in [2.45, 2.75) is 11.4 Å². The van der Waals surface area contributed by atoms with Crippen LogP contribution < -0.4 is 5.43 Å². The summed E-state index contributed by atoms with van der Waals surface area (Å²) in [5.74, 6) is -1.42. The number of hydrogen-bond donors (Lipinski definition) is 0. The minimum absolute atomic E-state index is 0.0358. The number of halogens is 2. The number of thioether (sulfide) groups is 1. The zero-order valence-corrected chi connectivity index (χ0v) is 9.89. The highest BCUT2D eigenvalue weighted by atomic mass is 32.2. The van der Waals surface area contributed by atoms with E-state index in [1.165, 1.54) is 18.0 Å². The summed E-state index contributed by atoms with van der Waals surface area (Å²) in [4.78, 5) is 22.9. The molecular formula is C12H7F2NO2S. The van der Waals surface area contributed by atoms with Crippen molar-refractivity contribution in [2.75, 3.05) is 5.75 Å². The Kier molecular flexibility index (Phi) is 2.48. The second-order valence-electron chi connectivity index (χ2n) is 3.97. The van der Waals surface area contributed by atoms with Crippen molar-refractivity contribution in [3.63, 3.8) is 0 Å². The quantitative estimate of drug-likeness (QED) is 0.743. The highest BCUT2D eigenvalue weighted by Gasteiger charge is 2.22. The van der Waals surface area contributed by atoms with E-state index >= 15 is 0 Å². The van der Waals surface area contributed by atoms with Gasteiger partial charge in [0.05, 0.1) is 21.4 Å². The van der Waals surface area contributed by atoms with Crippen molar-refractivity contribution in [2.24, 2.45) is 0 Å². The predicted octanol–water partition coefficient (Wildman–Crippen LogP) is 2.20. The maximum absolute atomic E-state index is 13.7. The predicted molar refractivity (Wildman–Crippen MR) is 64.2 cm³/mol. The molecule has 0 N–H and O–H groups in total. The number of nitrogens with zero attached hydrogens (tertiary/aromatic N) is 1. The monoisotopic (exact) mass is 267 g/mol. The van der Waals surface area contributed by atoms with E-state index in [0.717, 1.165) is 6.07 Å². The molecule has 0 spiro atoms. The number of aryl methyl sites for hydroxylation is 1. The van der Waals surface area contributed by atoms with Gasteiger partial charge in [0, 0.05) is 18.5 Å². The van der Waals surface area contributed by atoms with Gasteiger partial charge < -0.3 is 4.57 Å². The van der Waals surface area contributed by atoms with Crippen LogP contribution >= 0.6 is 11.8 Å². The summed E-state index contributed by atoms with van der Waals surface area (Å²) in [6, 6.07) is 0.867. The van der Waals surface area contributed by atoms with E-state index in [1.807, 2.05) is 0 Å². The van der Waals surface area contributed by atoms with Gasteiger partial charge in [0.2, 0.25) is 0 Å². The van der Waals surface area contributed by atoms with E-state index in [-0.39, 0.29) is 15.8 Å². The number of hydrogen-bond acceptors (Lipinski definition) is 3. The number of aldehydes is 1. The van der Waals surface area contributed by atoms with Crippen LogP contribution in [-0.4, -0.2) is 16.6 Å². The first-order valence-corrected chi connectivity index (χ1v) is 6.25. The molecule has 1 aliphatic rings. The summed E-state index contributed by atoms with van der Waals surface area (Å²) >= 11 is 1.18. The number of carbonyl (C=O) groups excluding carboxylic acids is 1. The van der Waals surface area contributed by atoms with Crippen molar-refractivity contribution >= 4 is 29.0 Å². The Morgan fingerprint density at radius 3 is 2.89 bits per heavy atom. The van der Waals surface area contributed by atoms with Gasteiger partial charge in [-0.2, -0.15) is 0 Å². The van der Waals surface area contributed by atoms with Crippen LogP contribution in [0.5, 0.6) is 0 Å². The van der Waals surface area contributed by atoms with Crippen LogP contribution in [0.1, 0.15) is 10.4 Å².